The van der Waals surface area contributed by atoms with Crippen LogP contribution in [0.5, 0.6) is 0 Å². The van der Waals surface area contributed by atoms with Crippen LogP contribution in [0.15, 0.2) is 54.6 Å². The van der Waals surface area contributed by atoms with Gasteiger partial charge in [0.05, 0.1) is 0 Å². The van der Waals surface area contributed by atoms with Crippen LogP contribution < -0.4 is 5.32 Å². The van der Waals surface area contributed by atoms with Gasteiger partial charge in [-0.2, -0.15) is 0 Å². The fourth-order valence-electron chi connectivity index (χ4n) is 1.69. The summed E-state index contributed by atoms with van der Waals surface area (Å²) >= 11 is 5.83. The molecule has 1 amide bonds. The predicted molar refractivity (Wildman–Crippen MR) is 80.0 cm³/mol. The Bertz CT molecular complexity index is 628. The molecule has 0 aliphatic carbocycles. The second-order valence-corrected chi connectivity index (χ2v) is 4.78. The summed E-state index contributed by atoms with van der Waals surface area (Å²) < 4.78 is 5.06. The van der Waals surface area contributed by atoms with Crippen molar-refractivity contribution in [1.82, 2.24) is 5.32 Å². The van der Waals surface area contributed by atoms with Crippen LogP contribution in [-0.4, -0.2) is 18.4 Å². The summed E-state index contributed by atoms with van der Waals surface area (Å²) in [5, 5.41) is 3.09. The van der Waals surface area contributed by atoms with Gasteiger partial charge in [0.2, 0.25) is 0 Å². The van der Waals surface area contributed by atoms with Gasteiger partial charge < -0.3 is 10.1 Å². The van der Waals surface area contributed by atoms with E-state index in [0.717, 1.165) is 5.56 Å². The van der Waals surface area contributed by atoms with Crippen molar-refractivity contribution in [1.29, 1.82) is 0 Å². The Balaban J connectivity index is 1.76. The van der Waals surface area contributed by atoms with E-state index < -0.39 is 5.97 Å². The van der Waals surface area contributed by atoms with Gasteiger partial charge in [-0.1, -0.05) is 41.9 Å². The van der Waals surface area contributed by atoms with Crippen LogP contribution in [0, 0.1) is 0 Å². The van der Waals surface area contributed by atoms with Crippen LogP contribution in [0.4, 0.5) is 0 Å². The lowest BCUT2D eigenvalue weighted by molar-refractivity contribution is -0.143. The van der Waals surface area contributed by atoms with Gasteiger partial charge in [0.25, 0.3) is 5.91 Å². The second-order valence-electron chi connectivity index (χ2n) is 4.34. The van der Waals surface area contributed by atoms with Crippen molar-refractivity contribution in [2.24, 2.45) is 0 Å². The van der Waals surface area contributed by atoms with Gasteiger partial charge in [0.15, 0.2) is 0 Å². The molecule has 0 unspecified atom stereocenters. The molecule has 0 aliphatic rings. The molecular weight excluding hydrogens is 290 g/mol. The Morgan fingerprint density at radius 2 is 1.81 bits per heavy atom. The number of amides is 1. The highest BCUT2D eigenvalue weighted by molar-refractivity contribution is 6.30. The summed E-state index contributed by atoms with van der Waals surface area (Å²) in [4.78, 5) is 23.3. The van der Waals surface area contributed by atoms with E-state index in [-0.39, 0.29) is 19.1 Å². The Morgan fingerprint density at radius 3 is 2.52 bits per heavy atom. The van der Waals surface area contributed by atoms with Crippen LogP contribution in [-0.2, 0) is 16.1 Å². The number of carbonyl (C=O) groups excluding carboxylic acids is 2. The number of benzene rings is 2. The van der Waals surface area contributed by atoms with E-state index >= 15 is 0 Å². The van der Waals surface area contributed by atoms with Crippen LogP contribution in [0.1, 0.15) is 15.9 Å². The lowest BCUT2D eigenvalue weighted by atomic mass is 10.2. The fourth-order valence-corrected chi connectivity index (χ4v) is 1.90. The highest BCUT2D eigenvalue weighted by Crippen LogP contribution is 2.11. The van der Waals surface area contributed by atoms with Crippen molar-refractivity contribution >= 4 is 23.5 Å². The molecule has 0 saturated heterocycles. The zero-order valence-corrected chi connectivity index (χ0v) is 12.0. The minimum Gasteiger partial charge on any atom is -0.460 e. The molecule has 0 atom stereocenters. The number of rotatable bonds is 5. The first-order chi connectivity index (χ1) is 10.1. The first-order valence-corrected chi connectivity index (χ1v) is 6.76. The molecule has 2 aromatic carbocycles. The number of ether oxygens (including phenoxy) is 1. The van der Waals surface area contributed by atoms with Gasteiger partial charge in [-0.05, 0) is 29.8 Å². The number of esters is 1. The average molecular weight is 304 g/mol. The predicted octanol–water partition coefficient (Wildman–Crippen LogP) is 2.81. The monoisotopic (exact) mass is 303 g/mol. The summed E-state index contributed by atoms with van der Waals surface area (Å²) in [6.07, 6.45) is 0. The first kappa shape index (κ1) is 15.1. The molecule has 21 heavy (non-hydrogen) atoms. The fraction of sp³-hybridized carbons (Fsp3) is 0.125. The lowest BCUT2D eigenvalue weighted by Gasteiger charge is -2.07. The van der Waals surface area contributed by atoms with Gasteiger partial charge in [-0.3, -0.25) is 9.59 Å². The van der Waals surface area contributed by atoms with Crippen molar-refractivity contribution in [3.8, 4) is 0 Å². The molecule has 2 rings (SSSR count). The molecule has 5 heteroatoms. The van der Waals surface area contributed by atoms with Gasteiger partial charge >= 0.3 is 5.97 Å². The third-order valence-electron chi connectivity index (χ3n) is 2.72. The SMILES string of the molecule is O=C(CNC(=O)c1ccccc1)OCc1cccc(Cl)c1. The summed E-state index contributed by atoms with van der Waals surface area (Å²) in [5.41, 5.74) is 1.30. The maximum Gasteiger partial charge on any atom is 0.325 e. The molecule has 2 aromatic rings. The molecule has 0 fully saturated rings. The second kappa shape index (κ2) is 7.45. The molecule has 4 nitrogen and oxygen atoms in total. The molecule has 0 aromatic heterocycles. The topological polar surface area (TPSA) is 55.4 Å². The van der Waals surface area contributed by atoms with Crippen LogP contribution in [0.2, 0.25) is 5.02 Å². The maximum absolute atomic E-state index is 11.7. The van der Waals surface area contributed by atoms with Gasteiger partial charge in [0.1, 0.15) is 13.2 Å². The van der Waals surface area contributed by atoms with Gasteiger partial charge in [-0.15, -0.1) is 0 Å². The van der Waals surface area contributed by atoms with E-state index in [9.17, 15) is 9.59 Å². The zero-order valence-electron chi connectivity index (χ0n) is 11.2. The number of halogens is 1. The Morgan fingerprint density at radius 1 is 1.05 bits per heavy atom. The van der Waals surface area contributed by atoms with Crippen molar-refractivity contribution in [3.05, 3.63) is 70.7 Å². The average Bonchev–Trinajstić information content (AvgIpc) is 2.51. The van der Waals surface area contributed by atoms with Crippen LogP contribution in [0.3, 0.4) is 0 Å². The van der Waals surface area contributed by atoms with E-state index in [1.807, 2.05) is 12.1 Å². The molecule has 0 saturated carbocycles. The molecule has 0 radical (unpaired) electrons. The highest BCUT2D eigenvalue weighted by Gasteiger charge is 2.08. The van der Waals surface area contributed by atoms with E-state index in [1.165, 1.54) is 0 Å². The zero-order chi connectivity index (χ0) is 15.1. The maximum atomic E-state index is 11.7. The smallest absolute Gasteiger partial charge is 0.325 e. The third kappa shape index (κ3) is 4.93. The van der Waals surface area contributed by atoms with Crippen LogP contribution >= 0.6 is 11.6 Å². The minimum atomic E-state index is -0.501. The van der Waals surface area contributed by atoms with E-state index in [0.29, 0.717) is 10.6 Å². The molecule has 0 bridgehead atoms. The molecule has 108 valence electrons. The Labute approximate surface area is 127 Å². The number of hydrogen-bond donors (Lipinski definition) is 1. The van der Waals surface area contributed by atoms with E-state index in [4.69, 9.17) is 16.3 Å². The first-order valence-electron chi connectivity index (χ1n) is 6.38. The van der Waals surface area contributed by atoms with E-state index in [1.54, 1.807) is 42.5 Å². The summed E-state index contributed by atoms with van der Waals surface area (Å²) in [7, 11) is 0. The summed E-state index contributed by atoms with van der Waals surface area (Å²) in [5.74, 6) is -0.811. The highest BCUT2D eigenvalue weighted by atomic mass is 35.5. The van der Waals surface area contributed by atoms with Gasteiger partial charge in [0, 0.05) is 10.6 Å². The van der Waals surface area contributed by atoms with Crippen molar-refractivity contribution < 1.29 is 14.3 Å². The third-order valence-corrected chi connectivity index (χ3v) is 2.95. The van der Waals surface area contributed by atoms with Crippen molar-refractivity contribution in [3.63, 3.8) is 0 Å². The van der Waals surface area contributed by atoms with Crippen LogP contribution in [0.25, 0.3) is 0 Å². The molecule has 1 N–H and O–H groups in total. The number of carbonyl (C=O) groups is 2. The quantitative estimate of drug-likeness (QED) is 0.864. The Hall–Kier alpha value is -2.33. The Kier molecular flexibility index (Phi) is 5.35. The molecule has 0 aliphatic heterocycles. The minimum absolute atomic E-state index is 0.126. The van der Waals surface area contributed by atoms with Crippen molar-refractivity contribution in [2.75, 3.05) is 6.54 Å². The van der Waals surface area contributed by atoms with E-state index in [2.05, 4.69) is 5.32 Å². The lowest BCUT2D eigenvalue weighted by Crippen LogP contribution is -2.30. The van der Waals surface area contributed by atoms with Gasteiger partial charge in [-0.25, -0.2) is 0 Å². The number of hydrogen-bond acceptors (Lipinski definition) is 3. The number of nitrogens with one attached hydrogen (secondary N) is 1. The van der Waals surface area contributed by atoms with Crippen molar-refractivity contribution in [2.45, 2.75) is 6.61 Å². The molecular formula is C16H14ClNO3. The summed E-state index contributed by atoms with van der Waals surface area (Å²) in [6.45, 7) is -0.0467. The standard InChI is InChI=1S/C16H14ClNO3/c17-14-8-4-5-12(9-14)11-21-15(19)10-18-16(20)13-6-2-1-3-7-13/h1-9H,10-11H2,(H,18,20). The largest absolute Gasteiger partial charge is 0.460 e. The summed E-state index contributed by atoms with van der Waals surface area (Å²) in [6, 6.07) is 15.7. The molecule has 0 heterocycles. The normalized spacial score (nSPS) is 9.95. The molecule has 0 spiro atoms.